The van der Waals surface area contributed by atoms with Crippen LogP contribution in [0.1, 0.15) is 40.7 Å². The maximum atomic E-state index is 12.6. The number of amides is 1. The lowest BCUT2D eigenvalue weighted by Gasteiger charge is -2.26. The van der Waals surface area contributed by atoms with Crippen LogP contribution in [-0.2, 0) is 6.54 Å². The number of hydrogen-bond donors (Lipinski definition) is 1. The van der Waals surface area contributed by atoms with E-state index in [9.17, 15) is 4.79 Å². The second-order valence-corrected chi connectivity index (χ2v) is 7.28. The molecule has 0 bridgehead atoms. The normalized spacial score (nSPS) is 14.3. The fraction of sp³-hybridized carbons (Fsp3) is 0.304. The van der Waals surface area contributed by atoms with Crippen molar-refractivity contribution >= 4 is 22.5 Å². The van der Waals surface area contributed by atoms with Gasteiger partial charge in [0.15, 0.2) is 0 Å². The van der Waals surface area contributed by atoms with Crippen LogP contribution in [0.25, 0.3) is 10.9 Å². The molecule has 0 spiro atoms. The number of aromatic nitrogens is 1. The summed E-state index contributed by atoms with van der Waals surface area (Å²) in [5.74, 6) is 0.157. The summed E-state index contributed by atoms with van der Waals surface area (Å²) in [5, 5.41) is 4.64. The Kier molecular flexibility index (Phi) is 5.05. The van der Waals surface area contributed by atoms with Crippen molar-refractivity contribution in [1.29, 1.82) is 0 Å². The second-order valence-electron chi connectivity index (χ2n) is 7.28. The van der Waals surface area contributed by atoms with Crippen LogP contribution in [0.5, 0.6) is 0 Å². The molecule has 3 aromatic rings. The number of likely N-dealkylation sites (tertiary alicyclic amines) is 1. The van der Waals surface area contributed by atoms with Gasteiger partial charge >= 0.3 is 0 Å². The summed E-state index contributed by atoms with van der Waals surface area (Å²) in [4.78, 5) is 19.0. The van der Waals surface area contributed by atoms with Crippen LogP contribution in [0.2, 0.25) is 0 Å². The Morgan fingerprint density at radius 1 is 1.04 bits per heavy atom. The quantitative estimate of drug-likeness (QED) is 0.729. The molecule has 1 amide bonds. The number of aryl methyl sites for hydroxylation is 1. The predicted molar refractivity (Wildman–Crippen MR) is 110 cm³/mol. The highest BCUT2D eigenvalue weighted by Crippen LogP contribution is 2.23. The van der Waals surface area contributed by atoms with Gasteiger partial charge in [0.25, 0.3) is 5.91 Å². The molecular weight excluding hydrogens is 334 g/mol. The third-order valence-electron chi connectivity index (χ3n) is 5.22. The number of nitrogens with zero attached hydrogens (tertiary/aromatic N) is 2. The van der Waals surface area contributed by atoms with Crippen molar-refractivity contribution in [1.82, 2.24) is 9.88 Å². The van der Waals surface area contributed by atoms with E-state index in [-0.39, 0.29) is 5.91 Å². The largest absolute Gasteiger partial charge is 0.380 e. The zero-order valence-corrected chi connectivity index (χ0v) is 15.7. The van der Waals surface area contributed by atoms with Crippen molar-refractivity contribution in [3.8, 4) is 0 Å². The van der Waals surface area contributed by atoms with Gasteiger partial charge in [-0.25, -0.2) is 0 Å². The number of piperidine rings is 1. The van der Waals surface area contributed by atoms with E-state index in [4.69, 9.17) is 0 Å². The van der Waals surface area contributed by atoms with E-state index in [0.717, 1.165) is 53.6 Å². The smallest absolute Gasteiger partial charge is 0.253 e. The Hall–Kier alpha value is -2.88. The lowest BCUT2D eigenvalue weighted by molar-refractivity contribution is 0.0724. The Balaban J connectivity index is 1.45. The molecule has 27 heavy (non-hydrogen) atoms. The molecule has 1 aliphatic heterocycles. The molecule has 1 N–H and O–H groups in total. The average Bonchev–Trinajstić information content (AvgIpc) is 2.73. The minimum absolute atomic E-state index is 0.157. The summed E-state index contributed by atoms with van der Waals surface area (Å²) in [6, 6.07) is 16.3. The number of hydrogen-bond acceptors (Lipinski definition) is 3. The standard InChI is InChI=1S/C23H25N3O/c1-17-5-10-21-20(15-17)22(11-12-24-21)25-16-18-6-8-19(9-7-18)23(27)26-13-3-2-4-14-26/h5-12,15H,2-4,13-14,16H2,1H3,(H,24,25). The second kappa shape index (κ2) is 7.78. The van der Waals surface area contributed by atoms with Gasteiger partial charge in [0.1, 0.15) is 0 Å². The zero-order chi connectivity index (χ0) is 18.6. The van der Waals surface area contributed by atoms with E-state index in [1.165, 1.54) is 12.0 Å². The number of benzene rings is 2. The minimum Gasteiger partial charge on any atom is -0.380 e. The predicted octanol–water partition coefficient (Wildman–Crippen LogP) is 4.78. The van der Waals surface area contributed by atoms with Gasteiger partial charge in [-0.2, -0.15) is 0 Å². The summed E-state index contributed by atoms with van der Waals surface area (Å²) >= 11 is 0. The summed E-state index contributed by atoms with van der Waals surface area (Å²) in [6.45, 7) is 4.58. The number of rotatable bonds is 4. The number of pyridine rings is 1. The number of carbonyl (C=O) groups is 1. The summed E-state index contributed by atoms with van der Waals surface area (Å²) in [7, 11) is 0. The van der Waals surface area contributed by atoms with Crippen molar-refractivity contribution in [2.75, 3.05) is 18.4 Å². The van der Waals surface area contributed by atoms with Crippen LogP contribution in [0.4, 0.5) is 5.69 Å². The van der Waals surface area contributed by atoms with Crippen molar-refractivity contribution in [3.63, 3.8) is 0 Å². The Labute approximate surface area is 160 Å². The van der Waals surface area contributed by atoms with E-state index in [1.807, 2.05) is 41.4 Å². The average molecular weight is 359 g/mol. The van der Waals surface area contributed by atoms with Crippen molar-refractivity contribution in [2.24, 2.45) is 0 Å². The molecule has 0 atom stereocenters. The first-order valence-electron chi connectivity index (χ1n) is 9.68. The van der Waals surface area contributed by atoms with E-state index in [2.05, 4.69) is 35.4 Å². The first kappa shape index (κ1) is 17.5. The van der Waals surface area contributed by atoms with Gasteiger partial charge in [-0.3, -0.25) is 9.78 Å². The molecule has 0 saturated carbocycles. The van der Waals surface area contributed by atoms with E-state index < -0.39 is 0 Å². The highest BCUT2D eigenvalue weighted by atomic mass is 16.2. The molecule has 1 aliphatic rings. The third-order valence-corrected chi connectivity index (χ3v) is 5.22. The summed E-state index contributed by atoms with van der Waals surface area (Å²) in [5.41, 5.74) is 5.23. The zero-order valence-electron chi connectivity index (χ0n) is 15.7. The lowest BCUT2D eigenvalue weighted by atomic mass is 10.1. The van der Waals surface area contributed by atoms with E-state index in [1.54, 1.807) is 0 Å². The number of nitrogens with one attached hydrogen (secondary N) is 1. The Bertz CT molecular complexity index is 943. The van der Waals surface area contributed by atoms with Gasteiger partial charge < -0.3 is 10.2 Å². The molecule has 2 aromatic carbocycles. The fourth-order valence-electron chi connectivity index (χ4n) is 3.66. The summed E-state index contributed by atoms with van der Waals surface area (Å²) in [6.07, 6.45) is 5.30. The molecule has 2 heterocycles. The van der Waals surface area contributed by atoms with Crippen LogP contribution in [0.3, 0.4) is 0 Å². The molecule has 4 nitrogen and oxygen atoms in total. The van der Waals surface area contributed by atoms with Gasteiger partial charge in [0.2, 0.25) is 0 Å². The monoisotopic (exact) mass is 359 g/mol. The number of carbonyl (C=O) groups excluding carboxylic acids is 1. The van der Waals surface area contributed by atoms with Crippen LogP contribution in [0.15, 0.2) is 54.7 Å². The fourth-order valence-corrected chi connectivity index (χ4v) is 3.66. The van der Waals surface area contributed by atoms with Crippen molar-refractivity contribution in [3.05, 3.63) is 71.4 Å². The minimum atomic E-state index is 0.157. The first-order chi connectivity index (χ1) is 13.2. The SMILES string of the molecule is Cc1ccc2nccc(NCc3ccc(C(=O)N4CCCCC4)cc3)c2c1. The molecule has 138 valence electrons. The highest BCUT2D eigenvalue weighted by Gasteiger charge is 2.17. The molecule has 1 aromatic heterocycles. The van der Waals surface area contributed by atoms with Crippen LogP contribution in [-0.4, -0.2) is 28.9 Å². The van der Waals surface area contributed by atoms with Gasteiger partial charge in [0, 0.05) is 42.5 Å². The van der Waals surface area contributed by atoms with E-state index >= 15 is 0 Å². The number of anilines is 1. The van der Waals surface area contributed by atoms with Crippen LogP contribution in [0, 0.1) is 6.92 Å². The van der Waals surface area contributed by atoms with Crippen LogP contribution >= 0.6 is 0 Å². The molecule has 0 aliphatic carbocycles. The molecule has 1 fully saturated rings. The topological polar surface area (TPSA) is 45.2 Å². The first-order valence-corrected chi connectivity index (χ1v) is 9.68. The maximum absolute atomic E-state index is 12.6. The molecule has 4 rings (SSSR count). The Morgan fingerprint density at radius 3 is 2.59 bits per heavy atom. The molecular formula is C23H25N3O. The van der Waals surface area contributed by atoms with Gasteiger partial charge in [-0.15, -0.1) is 0 Å². The molecule has 1 saturated heterocycles. The van der Waals surface area contributed by atoms with Crippen LogP contribution < -0.4 is 5.32 Å². The van der Waals surface area contributed by atoms with Crippen molar-refractivity contribution < 1.29 is 4.79 Å². The Morgan fingerprint density at radius 2 is 1.81 bits per heavy atom. The van der Waals surface area contributed by atoms with Gasteiger partial charge in [-0.05, 0) is 62.1 Å². The maximum Gasteiger partial charge on any atom is 0.253 e. The molecule has 0 radical (unpaired) electrons. The van der Waals surface area contributed by atoms with Gasteiger partial charge in [-0.1, -0.05) is 23.8 Å². The molecule has 4 heteroatoms. The molecule has 0 unspecified atom stereocenters. The summed E-state index contributed by atoms with van der Waals surface area (Å²) < 4.78 is 0. The number of fused-ring (bicyclic) bond motifs is 1. The third kappa shape index (κ3) is 3.95. The highest BCUT2D eigenvalue weighted by molar-refractivity contribution is 5.94. The lowest BCUT2D eigenvalue weighted by Crippen LogP contribution is -2.35. The van der Waals surface area contributed by atoms with Crippen molar-refractivity contribution in [2.45, 2.75) is 32.7 Å². The van der Waals surface area contributed by atoms with E-state index in [0.29, 0.717) is 6.54 Å². The van der Waals surface area contributed by atoms with Gasteiger partial charge in [0.05, 0.1) is 5.52 Å².